The molecule has 2 unspecified atom stereocenters. The molecular formula is C13H15NO5. The molecule has 1 fully saturated rings. The zero-order valence-corrected chi connectivity index (χ0v) is 10.8. The molecule has 0 saturated heterocycles. The first-order chi connectivity index (χ1) is 9.04. The minimum Gasteiger partial charge on any atom is -0.486 e. The van der Waals surface area contributed by atoms with Gasteiger partial charge in [-0.3, -0.25) is 14.9 Å². The van der Waals surface area contributed by atoms with E-state index in [1.54, 1.807) is 26.0 Å². The van der Waals surface area contributed by atoms with Gasteiger partial charge in [-0.25, -0.2) is 0 Å². The lowest BCUT2D eigenvalue weighted by molar-refractivity contribution is -0.385. The van der Waals surface area contributed by atoms with Gasteiger partial charge in [-0.2, -0.15) is 0 Å². The van der Waals surface area contributed by atoms with Crippen molar-refractivity contribution in [3.8, 4) is 5.75 Å². The molecular weight excluding hydrogens is 250 g/mol. The summed E-state index contributed by atoms with van der Waals surface area (Å²) in [5.41, 5.74) is 0.471. The summed E-state index contributed by atoms with van der Waals surface area (Å²) in [6.45, 7) is 3.87. The summed E-state index contributed by atoms with van der Waals surface area (Å²) in [4.78, 5) is 21.8. The second kappa shape index (κ2) is 5.36. The topological polar surface area (TPSA) is 78.7 Å². The molecule has 1 aliphatic carbocycles. The van der Waals surface area contributed by atoms with Crippen LogP contribution in [-0.2, 0) is 9.53 Å². The fraction of sp³-hybridized carbons (Fsp3) is 0.462. The molecule has 2 atom stereocenters. The van der Waals surface area contributed by atoms with Crippen molar-refractivity contribution >= 4 is 11.5 Å². The third kappa shape index (κ3) is 2.58. The lowest BCUT2D eigenvalue weighted by atomic mass is 9.90. The number of nitro groups is 1. The highest BCUT2D eigenvalue weighted by Crippen LogP contribution is 2.31. The van der Waals surface area contributed by atoms with E-state index in [1.165, 1.54) is 6.07 Å². The van der Waals surface area contributed by atoms with Crippen molar-refractivity contribution in [2.75, 3.05) is 6.61 Å². The molecule has 19 heavy (non-hydrogen) atoms. The van der Waals surface area contributed by atoms with E-state index in [1.807, 2.05) is 0 Å². The Balaban J connectivity index is 2.14. The van der Waals surface area contributed by atoms with Crippen LogP contribution in [0.4, 0.5) is 5.69 Å². The Morgan fingerprint density at radius 2 is 2.21 bits per heavy atom. The van der Waals surface area contributed by atoms with Gasteiger partial charge in [0.05, 0.1) is 10.5 Å². The molecule has 0 heterocycles. The zero-order chi connectivity index (χ0) is 14.0. The predicted octanol–water partition coefficient (Wildman–Crippen LogP) is 2.03. The van der Waals surface area contributed by atoms with Crippen LogP contribution in [-0.4, -0.2) is 29.5 Å². The van der Waals surface area contributed by atoms with E-state index in [-0.39, 0.29) is 24.0 Å². The van der Waals surface area contributed by atoms with Gasteiger partial charge in [0.1, 0.15) is 11.9 Å². The second-order valence-corrected chi connectivity index (χ2v) is 4.36. The largest absolute Gasteiger partial charge is 0.486 e. The smallest absolute Gasteiger partial charge is 0.276 e. The standard InChI is InChI=1S/C13H15NO5/c1-3-18-13-10(15)7-12(13)19-11-6-4-5-9(8(11)2)14(16)17/h4-6,12-13H,3,7H2,1-2H3. The molecule has 0 bridgehead atoms. The lowest BCUT2D eigenvalue weighted by Crippen LogP contribution is -2.52. The number of carbonyl (C=O) groups excluding carboxylic acids is 1. The predicted molar refractivity (Wildman–Crippen MR) is 67.3 cm³/mol. The van der Waals surface area contributed by atoms with E-state index in [0.717, 1.165) is 0 Å². The number of benzene rings is 1. The van der Waals surface area contributed by atoms with Gasteiger partial charge in [0.25, 0.3) is 5.69 Å². The normalized spacial score (nSPS) is 21.9. The first-order valence-corrected chi connectivity index (χ1v) is 6.09. The Bertz CT molecular complexity index is 514. The number of Topliss-reactive ketones (excluding diaryl/α,β-unsaturated/α-hetero) is 1. The van der Waals surface area contributed by atoms with Crippen molar-refractivity contribution in [1.82, 2.24) is 0 Å². The summed E-state index contributed by atoms with van der Waals surface area (Å²) in [7, 11) is 0. The Morgan fingerprint density at radius 1 is 1.47 bits per heavy atom. The lowest BCUT2D eigenvalue weighted by Gasteiger charge is -2.34. The number of carbonyl (C=O) groups is 1. The number of ether oxygens (including phenoxy) is 2. The molecule has 1 aromatic carbocycles. The molecule has 1 aromatic rings. The quantitative estimate of drug-likeness (QED) is 0.601. The van der Waals surface area contributed by atoms with E-state index < -0.39 is 11.0 Å². The van der Waals surface area contributed by atoms with Gasteiger partial charge in [0.15, 0.2) is 11.9 Å². The first kappa shape index (κ1) is 13.5. The number of nitro benzene ring substituents is 1. The second-order valence-electron chi connectivity index (χ2n) is 4.36. The summed E-state index contributed by atoms with van der Waals surface area (Å²) in [6.07, 6.45) is -0.621. The van der Waals surface area contributed by atoms with Gasteiger partial charge in [0.2, 0.25) is 0 Å². The summed E-state index contributed by atoms with van der Waals surface area (Å²) >= 11 is 0. The molecule has 1 aliphatic rings. The van der Waals surface area contributed by atoms with Gasteiger partial charge in [-0.15, -0.1) is 0 Å². The monoisotopic (exact) mass is 265 g/mol. The highest BCUT2D eigenvalue weighted by Gasteiger charge is 2.42. The number of hydrogen-bond acceptors (Lipinski definition) is 5. The fourth-order valence-corrected chi connectivity index (χ4v) is 2.04. The molecule has 0 spiro atoms. The fourth-order valence-electron chi connectivity index (χ4n) is 2.04. The number of ketones is 1. The van der Waals surface area contributed by atoms with Crippen molar-refractivity contribution < 1.29 is 19.2 Å². The van der Waals surface area contributed by atoms with Crippen LogP contribution in [0.25, 0.3) is 0 Å². The number of nitrogens with zero attached hydrogens (tertiary/aromatic N) is 1. The summed E-state index contributed by atoms with van der Waals surface area (Å²) < 4.78 is 10.9. The SMILES string of the molecule is CCOC1C(=O)CC1Oc1cccc([N+](=O)[O-])c1C. The first-order valence-electron chi connectivity index (χ1n) is 6.09. The summed E-state index contributed by atoms with van der Waals surface area (Å²) in [5.74, 6) is 0.436. The van der Waals surface area contributed by atoms with Gasteiger partial charge >= 0.3 is 0 Å². The van der Waals surface area contributed by atoms with Crippen LogP contribution in [0.2, 0.25) is 0 Å². The van der Waals surface area contributed by atoms with Crippen molar-refractivity contribution in [2.45, 2.75) is 32.5 Å². The van der Waals surface area contributed by atoms with Gasteiger partial charge < -0.3 is 9.47 Å². The molecule has 1 saturated carbocycles. The summed E-state index contributed by atoms with van der Waals surface area (Å²) in [5, 5.41) is 10.8. The zero-order valence-electron chi connectivity index (χ0n) is 10.8. The van der Waals surface area contributed by atoms with E-state index in [4.69, 9.17) is 9.47 Å². The third-order valence-electron chi connectivity index (χ3n) is 3.13. The maximum absolute atomic E-state index is 11.4. The van der Waals surface area contributed by atoms with Crippen LogP contribution in [0.3, 0.4) is 0 Å². The molecule has 2 rings (SSSR count). The molecule has 6 heteroatoms. The maximum atomic E-state index is 11.4. The number of rotatable bonds is 5. The van der Waals surface area contributed by atoms with Crippen LogP contribution < -0.4 is 4.74 Å². The Labute approximate surface area is 110 Å². The van der Waals surface area contributed by atoms with Gasteiger partial charge in [-0.1, -0.05) is 6.07 Å². The van der Waals surface area contributed by atoms with Crippen molar-refractivity contribution in [1.29, 1.82) is 0 Å². The maximum Gasteiger partial charge on any atom is 0.276 e. The van der Waals surface area contributed by atoms with Gasteiger partial charge in [-0.05, 0) is 19.9 Å². The van der Waals surface area contributed by atoms with Crippen molar-refractivity contribution in [3.05, 3.63) is 33.9 Å². The molecule has 102 valence electrons. The van der Waals surface area contributed by atoms with Gasteiger partial charge in [0, 0.05) is 19.1 Å². The van der Waals surface area contributed by atoms with Crippen LogP contribution in [0, 0.1) is 17.0 Å². The highest BCUT2D eigenvalue weighted by molar-refractivity contribution is 5.90. The van der Waals surface area contributed by atoms with Crippen LogP contribution in [0.1, 0.15) is 18.9 Å². The van der Waals surface area contributed by atoms with E-state index >= 15 is 0 Å². The minimum absolute atomic E-state index is 0.00920. The average Bonchev–Trinajstić information content (AvgIpc) is 2.37. The summed E-state index contributed by atoms with van der Waals surface area (Å²) in [6, 6.07) is 4.65. The molecule has 0 aromatic heterocycles. The van der Waals surface area contributed by atoms with E-state index in [2.05, 4.69) is 0 Å². The van der Waals surface area contributed by atoms with E-state index in [0.29, 0.717) is 17.9 Å². The number of hydrogen-bond donors (Lipinski definition) is 0. The van der Waals surface area contributed by atoms with Crippen molar-refractivity contribution in [3.63, 3.8) is 0 Å². The van der Waals surface area contributed by atoms with Crippen molar-refractivity contribution in [2.24, 2.45) is 0 Å². The Kier molecular flexibility index (Phi) is 3.80. The molecule has 0 radical (unpaired) electrons. The Morgan fingerprint density at radius 3 is 2.79 bits per heavy atom. The minimum atomic E-state index is -0.552. The molecule has 6 nitrogen and oxygen atoms in total. The van der Waals surface area contributed by atoms with E-state index in [9.17, 15) is 14.9 Å². The van der Waals surface area contributed by atoms with Crippen LogP contribution in [0.15, 0.2) is 18.2 Å². The van der Waals surface area contributed by atoms with Crippen LogP contribution in [0.5, 0.6) is 5.75 Å². The Hall–Kier alpha value is -1.95. The third-order valence-corrected chi connectivity index (χ3v) is 3.13. The molecule has 0 amide bonds. The highest BCUT2D eigenvalue weighted by atomic mass is 16.6. The molecule has 0 aliphatic heterocycles. The van der Waals surface area contributed by atoms with Crippen LogP contribution >= 0.6 is 0 Å². The average molecular weight is 265 g/mol. The molecule has 0 N–H and O–H groups in total.